The molecule has 104 valence electrons. The van der Waals surface area contributed by atoms with Crippen LogP contribution in [0.1, 0.15) is 17.0 Å². The van der Waals surface area contributed by atoms with Crippen molar-refractivity contribution in [1.82, 2.24) is 9.97 Å². The molecule has 0 aliphatic rings. The van der Waals surface area contributed by atoms with E-state index in [9.17, 15) is 0 Å². The van der Waals surface area contributed by atoms with Crippen LogP contribution in [0.4, 0.5) is 5.95 Å². The van der Waals surface area contributed by atoms with Crippen molar-refractivity contribution in [3.63, 3.8) is 0 Å². The Labute approximate surface area is 122 Å². The van der Waals surface area contributed by atoms with Crippen LogP contribution in [0, 0.1) is 13.8 Å². The van der Waals surface area contributed by atoms with E-state index in [-0.39, 0.29) is 5.96 Å². The molecule has 0 unspecified atom stereocenters. The molecule has 6 heteroatoms. The lowest BCUT2D eigenvalue weighted by Gasteiger charge is -2.06. The molecule has 0 saturated heterocycles. The summed E-state index contributed by atoms with van der Waals surface area (Å²) in [6.45, 7) is 4.28. The molecule has 0 aliphatic carbocycles. The van der Waals surface area contributed by atoms with Gasteiger partial charge < -0.3 is 5.73 Å². The van der Waals surface area contributed by atoms with Crippen molar-refractivity contribution in [2.45, 2.75) is 20.4 Å². The number of nitrogens with two attached hydrogens (primary N) is 1. The van der Waals surface area contributed by atoms with Gasteiger partial charge in [-0.2, -0.15) is 0 Å². The smallest absolute Gasteiger partial charge is 0.229 e. The van der Waals surface area contributed by atoms with Crippen LogP contribution in [0.2, 0.25) is 5.02 Å². The van der Waals surface area contributed by atoms with E-state index in [1.54, 1.807) is 0 Å². The molecule has 3 N–H and O–H groups in total. The number of aliphatic imine (C=N–C) groups is 1. The lowest BCUT2D eigenvalue weighted by Crippen LogP contribution is -2.24. The van der Waals surface area contributed by atoms with Gasteiger partial charge in [-0.1, -0.05) is 23.7 Å². The van der Waals surface area contributed by atoms with Gasteiger partial charge in [0.15, 0.2) is 5.96 Å². The third-order valence-corrected chi connectivity index (χ3v) is 2.82. The molecular weight excluding hydrogens is 274 g/mol. The van der Waals surface area contributed by atoms with Crippen LogP contribution in [0.3, 0.4) is 0 Å². The second-order valence-electron chi connectivity index (χ2n) is 4.43. The van der Waals surface area contributed by atoms with E-state index in [4.69, 9.17) is 17.3 Å². The highest BCUT2D eigenvalue weighted by Gasteiger charge is 2.01. The third-order valence-electron chi connectivity index (χ3n) is 2.57. The number of aromatic nitrogens is 2. The SMILES string of the molecule is Cc1cc(C)nc(NC(N)=NCc2ccc(Cl)cc2)n1. The van der Waals surface area contributed by atoms with Gasteiger partial charge in [-0.3, -0.25) is 5.32 Å². The van der Waals surface area contributed by atoms with Gasteiger partial charge >= 0.3 is 0 Å². The third kappa shape index (κ3) is 4.20. The minimum Gasteiger partial charge on any atom is -0.370 e. The largest absolute Gasteiger partial charge is 0.370 e. The van der Waals surface area contributed by atoms with Gasteiger partial charge in [0.25, 0.3) is 0 Å². The normalized spacial score (nSPS) is 11.4. The van der Waals surface area contributed by atoms with E-state index in [0.717, 1.165) is 17.0 Å². The number of hydrogen-bond acceptors (Lipinski definition) is 3. The number of anilines is 1. The second kappa shape index (κ2) is 6.34. The number of hydrogen-bond donors (Lipinski definition) is 2. The van der Waals surface area contributed by atoms with Crippen molar-refractivity contribution in [1.29, 1.82) is 0 Å². The molecule has 1 heterocycles. The second-order valence-corrected chi connectivity index (χ2v) is 4.86. The van der Waals surface area contributed by atoms with Crippen LogP contribution in [-0.2, 0) is 6.54 Å². The maximum atomic E-state index is 5.82. The van der Waals surface area contributed by atoms with Gasteiger partial charge in [0.1, 0.15) is 0 Å². The number of benzene rings is 1. The monoisotopic (exact) mass is 289 g/mol. The zero-order valence-corrected chi connectivity index (χ0v) is 12.1. The summed E-state index contributed by atoms with van der Waals surface area (Å²) in [5, 5.41) is 3.59. The van der Waals surface area contributed by atoms with Gasteiger partial charge in [-0.05, 0) is 37.6 Å². The van der Waals surface area contributed by atoms with Crippen LogP contribution in [-0.4, -0.2) is 15.9 Å². The van der Waals surface area contributed by atoms with E-state index in [1.807, 2.05) is 44.2 Å². The van der Waals surface area contributed by atoms with E-state index >= 15 is 0 Å². The summed E-state index contributed by atoms with van der Waals surface area (Å²) in [6, 6.07) is 9.36. The maximum absolute atomic E-state index is 5.82. The zero-order chi connectivity index (χ0) is 14.5. The van der Waals surface area contributed by atoms with Gasteiger partial charge in [0.05, 0.1) is 6.54 Å². The van der Waals surface area contributed by atoms with Crippen molar-refractivity contribution in [2.75, 3.05) is 5.32 Å². The summed E-state index contributed by atoms with van der Waals surface area (Å²) in [6.07, 6.45) is 0. The standard InChI is InChI=1S/C14H16ClN5/c1-9-7-10(2)19-14(18-9)20-13(16)17-8-11-3-5-12(15)6-4-11/h3-7H,8H2,1-2H3,(H3,16,17,18,19,20). The summed E-state index contributed by atoms with van der Waals surface area (Å²) in [5.74, 6) is 0.741. The summed E-state index contributed by atoms with van der Waals surface area (Å²) < 4.78 is 0. The predicted octanol–water partition coefficient (Wildman–Crippen LogP) is 2.67. The molecule has 1 aromatic heterocycles. The highest BCUT2D eigenvalue weighted by atomic mass is 35.5. The molecule has 0 radical (unpaired) electrons. The fourth-order valence-electron chi connectivity index (χ4n) is 1.70. The van der Waals surface area contributed by atoms with Gasteiger partial charge in [-0.25, -0.2) is 15.0 Å². The van der Waals surface area contributed by atoms with Crippen molar-refractivity contribution in [3.8, 4) is 0 Å². The lowest BCUT2D eigenvalue weighted by molar-refractivity contribution is 1.04. The molecule has 0 aliphatic heterocycles. The molecule has 0 fully saturated rings. The summed E-state index contributed by atoms with van der Waals surface area (Å²) in [7, 11) is 0. The molecular formula is C14H16ClN5. The Morgan fingerprint density at radius 3 is 2.40 bits per heavy atom. The molecule has 2 aromatic rings. The van der Waals surface area contributed by atoms with Gasteiger partial charge in [-0.15, -0.1) is 0 Å². The van der Waals surface area contributed by atoms with Crippen LogP contribution >= 0.6 is 11.6 Å². The minimum absolute atomic E-state index is 0.282. The number of nitrogens with one attached hydrogen (secondary N) is 1. The van der Waals surface area contributed by atoms with Crippen LogP contribution in [0.15, 0.2) is 35.3 Å². The quantitative estimate of drug-likeness (QED) is 0.673. The van der Waals surface area contributed by atoms with E-state index in [0.29, 0.717) is 17.5 Å². The molecule has 0 bridgehead atoms. The number of aryl methyl sites for hydroxylation is 2. The first kappa shape index (κ1) is 14.3. The van der Waals surface area contributed by atoms with Crippen molar-refractivity contribution < 1.29 is 0 Å². The average molecular weight is 290 g/mol. The Kier molecular flexibility index (Phi) is 4.53. The topological polar surface area (TPSA) is 76.2 Å². The molecule has 0 amide bonds. The van der Waals surface area contributed by atoms with Crippen LogP contribution in [0.25, 0.3) is 0 Å². The molecule has 0 saturated carbocycles. The van der Waals surface area contributed by atoms with Crippen LogP contribution < -0.4 is 11.1 Å². The molecule has 2 rings (SSSR count). The average Bonchev–Trinajstić information content (AvgIpc) is 2.37. The first-order valence-electron chi connectivity index (χ1n) is 6.16. The number of halogens is 1. The summed E-state index contributed by atoms with van der Waals surface area (Å²) in [5.41, 5.74) is 8.60. The Balaban J connectivity index is 2.01. The minimum atomic E-state index is 0.282. The molecule has 0 spiro atoms. The molecule has 1 aromatic carbocycles. The van der Waals surface area contributed by atoms with E-state index in [1.165, 1.54) is 0 Å². The van der Waals surface area contributed by atoms with Gasteiger partial charge in [0.2, 0.25) is 5.95 Å². The number of nitrogens with zero attached hydrogens (tertiary/aromatic N) is 3. The highest BCUT2D eigenvalue weighted by Crippen LogP contribution is 2.10. The van der Waals surface area contributed by atoms with E-state index in [2.05, 4.69) is 20.3 Å². The van der Waals surface area contributed by atoms with Crippen molar-refractivity contribution >= 4 is 23.5 Å². The Hall–Kier alpha value is -2.14. The first-order chi connectivity index (χ1) is 9.52. The summed E-state index contributed by atoms with van der Waals surface area (Å²) >= 11 is 5.82. The fraction of sp³-hybridized carbons (Fsp3) is 0.214. The lowest BCUT2D eigenvalue weighted by atomic mass is 10.2. The number of guanidine groups is 1. The van der Waals surface area contributed by atoms with Crippen LogP contribution in [0.5, 0.6) is 0 Å². The molecule has 20 heavy (non-hydrogen) atoms. The Morgan fingerprint density at radius 2 is 1.80 bits per heavy atom. The number of rotatable bonds is 3. The van der Waals surface area contributed by atoms with Gasteiger partial charge in [0, 0.05) is 16.4 Å². The first-order valence-corrected chi connectivity index (χ1v) is 6.54. The van der Waals surface area contributed by atoms with Crippen molar-refractivity contribution in [3.05, 3.63) is 52.3 Å². The Morgan fingerprint density at radius 1 is 1.20 bits per heavy atom. The molecule has 5 nitrogen and oxygen atoms in total. The van der Waals surface area contributed by atoms with E-state index < -0.39 is 0 Å². The Bertz CT molecular complexity index is 602. The molecule has 0 atom stereocenters. The maximum Gasteiger partial charge on any atom is 0.229 e. The fourth-order valence-corrected chi connectivity index (χ4v) is 1.83. The zero-order valence-electron chi connectivity index (χ0n) is 11.4. The summed E-state index contributed by atoms with van der Waals surface area (Å²) in [4.78, 5) is 12.7. The van der Waals surface area contributed by atoms with Crippen molar-refractivity contribution in [2.24, 2.45) is 10.7 Å². The predicted molar refractivity (Wildman–Crippen MR) is 81.9 cm³/mol. The highest BCUT2D eigenvalue weighted by molar-refractivity contribution is 6.30.